The van der Waals surface area contributed by atoms with Gasteiger partial charge in [0.2, 0.25) is 0 Å². The van der Waals surface area contributed by atoms with E-state index in [4.69, 9.17) is 9.15 Å². The fourth-order valence-electron chi connectivity index (χ4n) is 1.79. The number of ether oxygens (including phenoxy) is 1. The normalized spacial score (nSPS) is 10.4. The molecule has 0 aliphatic carbocycles. The molecule has 5 nitrogen and oxygen atoms in total. The van der Waals surface area contributed by atoms with Crippen molar-refractivity contribution in [2.45, 2.75) is 13.3 Å². The fraction of sp³-hybridized carbons (Fsp3) is 0.286. The van der Waals surface area contributed by atoms with Crippen molar-refractivity contribution in [3.63, 3.8) is 0 Å². The molecule has 5 heteroatoms. The van der Waals surface area contributed by atoms with Crippen LogP contribution in [0.3, 0.4) is 0 Å². The standard InChI is InChI=1S/C14H15NO4/c1-3-6-15-14(17)11-8-13(16)19-12-7-9(18-2)4-5-10(11)12/h4-5,7-8H,3,6H2,1-2H3,(H,15,17). The minimum atomic E-state index is -0.553. The first-order chi connectivity index (χ1) is 9.15. The van der Waals surface area contributed by atoms with Gasteiger partial charge in [0.1, 0.15) is 11.3 Å². The van der Waals surface area contributed by atoms with Gasteiger partial charge in [-0.3, -0.25) is 4.79 Å². The Hall–Kier alpha value is -2.30. The molecule has 0 spiro atoms. The number of carbonyl (C=O) groups excluding carboxylic acids is 1. The highest BCUT2D eigenvalue weighted by atomic mass is 16.5. The zero-order valence-electron chi connectivity index (χ0n) is 10.9. The Labute approximate surface area is 110 Å². The highest BCUT2D eigenvalue weighted by Gasteiger charge is 2.13. The topological polar surface area (TPSA) is 68.5 Å². The molecule has 0 bridgehead atoms. The van der Waals surface area contributed by atoms with Crippen LogP contribution in [0.25, 0.3) is 11.0 Å². The Morgan fingerprint density at radius 1 is 1.37 bits per heavy atom. The number of amides is 1. The lowest BCUT2D eigenvalue weighted by molar-refractivity contribution is 0.0954. The van der Waals surface area contributed by atoms with Gasteiger partial charge in [-0.15, -0.1) is 0 Å². The van der Waals surface area contributed by atoms with E-state index in [-0.39, 0.29) is 5.91 Å². The van der Waals surface area contributed by atoms with E-state index in [0.29, 0.717) is 28.8 Å². The molecule has 0 radical (unpaired) electrons. The summed E-state index contributed by atoms with van der Waals surface area (Å²) >= 11 is 0. The van der Waals surface area contributed by atoms with Crippen LogP contribution in [0.2, 0.25) is 0 Å². The predicted molar refractivity (Wildman–Crippen MR) is 71.7 cm³/mol. The maximum atomic E-state index is 12.0. The molecule has 0 saturated heterocycles. The molecular weight excluding hydrogens is 246 g/mol. The molecule has 1 heterocycles. The van der Waals surface area contributed by atoms with E-state index in [0.717, 1.165) is 6.42 Å². The van der Waals surface area contributed by atoms with Crippen molar-refractivity contribution in [2.75, 3.05) is 13.7 Å². The summed E-state index contributed by atoms with van der Waals surface area (Å²) in [5.74, 6) is 0.298. The van der Waals surface area contributed by atoms with Crippen LogP contribution >= 0.6 is 0 Å². The molecule has 0 unspecified atom stereocenters. The fourth-order valence-corrected chi connectivity index (χ4v) is 1.79. The molecular formula is C14H15NO4. The van der Waals surface area contributed by atoms with E-state index in [2.05, 4.69) is 5.32 Å². The van der Waals surface area contributed by atoms with Crippen molar-refractivity contribution < 1.29 is 13.9 Å². The number of hydrogen-bond acceptors (Lipinski definition) is 4. The molecule has 2 rings (SSSR count). The molecule has 1 N–H and O–H groups in total. The summed E-state index contributed by atoms with van der Waals surface area (Å²) in [4.78, 5) is 23.5. The van der Waals surface area contributed by atoms with Crippen molar-refractivity contribution in [2.24, 2.45) is 0 Å². The second-order valence-electron chi connectivity index (χ2n) is 4.10. The van der Waals surface area contributed by atoms with Gasteiger partial charge in [0.25, 0.3) is 5.91 Å². The second kappa shape index (κ2) is 5.56. The average molecular weight is 261 g/mol. The van der Waals surface area contributed by atoms with E-state index in [1.54, 1.807) is 18.2 Å². The summed E-state index contributed by atoms with van der Waals surface area (Å²) in [5, 5.41) is 3.34. The van der Waals surface area contributed by atoms with Gasteiger partial charge in [0.15, 0.2) is 0 Å². The van der Waals surface area contributed by atoms with Crippen LogP contribution in [0.1, 0.15) is 23.7 Å². The summed E-state index contributed by atoms with van der Waals surface area (Å²) in [7, 11) is 1.52. The van der Waals surface area contributed by atoms with Crippen LogP contribution in [0.15, 0.2) is 33.5 Å². The minimum Gasteiger partial charge on any atom is -0.497 e. The molecule has 0 aliphatic heterocycles. The van der Waals surface area contributed by atoms with Gasteiger partial charge >= 0.3 is 5.63 Å². The molecule has 100 valence electrons. The van der Waals surface area contributed by atoms with Gasteiger partial charge in [-0.05, 0) is 18.6 Å². The Morgan fingerprint density at radius 3 is 2.84 bits per heavy atom. The Balaban J connectivity index is 2.54. The quantitative estimate of drug-likeness (QED) is 0.854. The maximum Gasteiger partial charge on any atom is 0.337 e. The summed E-state index contributed by atoms with van der Waals surface area (Å²) in [6.45, 7) is 2.53. The van der Waals surface area contributed by atoms with Gasteiger partial charge in [-0.1, -0.05) is 6.92 Å². The Bertz CT molecular complexity index is 660. The number of rotatable bonds is 4. The van der Waals surface area contributed by atoms with Gasteiger partial charge in [0, 0.05) is 24.1 Å². The van der Waals surface area contributed by atoms with Crippen LogP contribution in [0.5, 0.6) is 5.75 Å². The van der Waals surface area contributed by atoms with Crippen LogP contribution in [-0.2, 0) is 0 Å². The number of carbonyl (C=O) groups is 1. The SMILES string of the molecule is CCCNC(=O)c1cc(=O)oc2cc(OC)ccc12. The first kappa shape index (κ1) is 13.1. The molecule has 1 aromatic heterocycles. The highest BCUT2D eigenvalue weighted by molar-refractivity contribution is 6.05. The lowest BCUT2D eigenvalue weighted by Gasteiger charge is -2.07. The van der Waals surface area contributed by atoms with Gasteiger partial charge in [0.05, 0.1) is 12.7 Å². The first-order valence-corrected chi connectivity index (χ1v) is 6.05. The van der Waals surface area contributed by atoms with Crippen molar-refractivity contribution in [3.8, 4) is 5.75 Å². The van der Waals surface area contributed by atoms with Crippen LogP contribution in [0.4, 0.5) is 0 Å². The van der Waals surface area contributed by atoms with Crippen molar-refractivity contribution in [3.05, 3.63) is 40.2 Å². The third kappa shape index (κ3) is 2.76. The monoisotopic (exact) mass is 261 g/mol. The average Bonchev–Trinajstić information content (AvgIpc) is 2.42. The van der Waals surface area contributed by atoms with Crippen molar-refractivity contribution in [1.29, 1.82) is 0 Å². The molecule has 1 amide bonds. The summed E-state index contributed by atoms with van der Waals surface area (Å²) in [5.41, 5.74) is 0.109. The molecule has 1 aromatic carbocycles. The smallest absolute Gasteiger partial charge is 0.337 e. The molecule has 0 aliphatic rings. The molecule has 0 saturated carbocycles. The predicted octanol–water partition coefficient (Wildman–Crippen LogP) is 1.94. The van der Waals surface area contributed by atoms with Crippen molar-refractivity contribution in [1.82, 2.24) is 5.32 Å². The number of nitrogens with one attached hydrogen (secondary N) is 1. The van der Waals surface area contributed by atoms with E-state index in [1.807, 2.05) is 6.92 Å². The van der Waals surface area contributed by atoms with Gasteiger partial charge in [-0.2, -0.15) is 0 Å². The van der Waals surface area contributed by atoms with E-state index in [1.165, 1.54) is 13.2 Å². The third-order valence-corrected chi connectivity index (χ3v) is 2.73. The molecule has 0 atom stereocenters. The number of methoxy groups -OCH3 is 1. The van der Waals surface area contributed by atoms with Crippen LogP contribution < -0.4 is 15.7 Å². The van der Waals surface area contributed by atoms with Gasteiger partial charge in [-0.25, -0.2) is 4.79 Å². The van der Waals surface area contributed by atoms with E-state index >= 15 is 0 Å². The minimum absolute atomic E-state index is 0.273. The molecule has 0 fully saturated rings. The highest BCUT2D eigenvalue weighted by Crippen LogP contribution is 2.22. The lowest BCUT2D eigenvalue weighted by Crippen LogP contribution is -2.25. The van der Waals surface area contributed by atoms with Crippen LogP contribution in [-0.4, -0.2) is 19.6 Å². The Kier molecular flexibility index (Phi) is 3.85. The lowest BCUT2D eigenvalue weighted by atomic mass is 10.1. The van der Waals surface area contributed by atoms with E-state index in [9.17, 15) is 9.59 Å². The zero-order chi connectivity index (χ0) is 13.8. The summed E-state index contributed by atoms with van der Waals surface area (Å²) < 4.78 is 10.1. The number of benzene rings is 1. The van der Waals surface area contributed by atoms with Crippen molar-refractivity contribution >= 4 is 16.9 Å². The zero-order valence-corrected chi connectivity index (χ0v) is 10.9. The largest absolute Gasteiger partial charge is 0.497 e. The summed E-state index contributed by atoms with van der Waals surface area (Å²) in [6, 6.07) is 6.23. The first-order valence-electron chi connectivity index (χ1n) is 6.05. The van der Waals surface area contributed by atoms with Crippen LogP contribution in [0, 0.1) is 0 Å². The maximum absolute atomic E-state index is 12.0. The molecule has 2 aromatic rings. The molecule has 19 heavy (non-hydrogen) atoms. The third-order valence-electron chi connectivity index (χ3n) is 2.73. The number of fused-ring (bicyclic) bond motifs is 1. The number of hydrogen-bond donors (Lipinski definition) is 1. The summed E-state index contributed by atoms with van der Waals surface area (Å²) in [6.07, 6.45) is 0.832. The van der Waals surface area contributed by atoms with Gasteiger partial charge < -0.3 is 14.5 Å². The van der Waals surface area contributed by atoms with E-state index < -0.39 is 5.63 Å². The Morgan fingerprint density at radius 2 is 2.16 bits per heavy atom. The second-order valence-corrected chi connectivity index (χ2v) is 4.10.